The molecule has 1 amide bonds. The number of hydrogen-bond donors (Lipinski definition) is 2. The number of carbonyl (C=O) groups is 1. The van der Waals surface area contributed by atoms with E-state index >= 15 is 0 Å². The van der Waals surface area contributed by atoms with Crippen LogP contribution in [0.1, 0.15) is 36.0 Å². The van der Waals surface area contributed by atoms with Crippen LogP contribution in [0.3, 0.4) is 0 Å². The van der Waals surface area contributed by atoms with E-state index in [4.69, 9.17) is 4.42 Å². The van der Waals surface area contributed by atoms with Crippen molar-refractivity contribution in [3.63, 3.8) is 0 Å². The van der Waals surface area contributed by atoms with Crippen molar-refractivity contribution in [3.8, 4) is 16.5 Å². The summed E-state index contributed by atoms with van der Waals surface area (Å²) in [5.41, 5.74) is 1.00. The third-order valence-electron chi connectivity index (χ3n) is 4.01. The Morgan fingerprint density at radius 1 is 1.29 bits per heavy atom. The van der Waals surface area contributed by atoms with E-state index in [0.717, 1.165) is 4.88 Å². The van der Waals surface area contributed by atoms with Crippen molar-refractivity contribution in [1.82, 2.24) is 19.7 Å². The molecule has 0 radical (unpaired) electrons. The first-order chi connectivity index (χ1) is 13.5. The van der Waals surface area contributed by atoms with Gasteiger partial charge in [0.2, 0.25) is 5.95 Å². The van der Waals surface area contributed by atoms with Crippen LogP contribution in [0.5, 0.6) is 0 Å². The summed E-state index contributed by atoms with van der Waals surface area (Å²) >= 11 is 1.52. The molecular formula is C19H17N5O3S. The molecule has 0 aromatic carbocycles. The summed E-state index contributed by atoms with van der Waals surface area (Å²) in [5, 5.41) is 9.26. The van der Waals surface area contributed by atoms with Crippen molar-refractivity contribution < 1.29 is 9.21 Å². The number of aromatic nitrogens is 4. The second-order valence-electron chi connectivity index (χ2n) is 6.38. The SMILES string of the molecule is CC(C)c1cc(=O)[nH]c(-n2nc(-c3cccs3)cc2NC(=O)c2ccco2)n1. The fraction of sp³-hybridized carbons (Fsp3) is 0.158. The Morgan fingerprint density at radius 2 is 2.14 bits per heavy atom. The first-order valence-electron chi connectivity index (χ1n) is 8.61. The first kappa shape index (κ1) is 17.9. The highest BCUT2D eigenvalue weighted by atomic mass is 32.1. The predicted octanol–water partition coefficient (Wildman–Crippen LogP) is 3.65. The zero-order valence-electron chi connectivity index (χ0n) is 15.2. The lowest BCUT2D eigenvalue weighted by atomic mass is 10.1. The average molecular weight is 395 g/mol. The number of amides is 1. The smallest absolute Gasteiger partial charge is 0.292 e. The summed E-state index contributed by atoms with van der Waals surface area (Å²) in [7, 11) is 0. The van der Waals surface area contributed by atoms with Crippen molar-refractivity contribution in [2.45, 2.75) is 19.8 Å². The van der Waals surface area contributed by atoms with E-state index in [9.17, 15) is 9.59 Å². The molecule has 142 valence electrons. The van der Waals surface area contributed by atoms with Crippen molar-refractivity contribution in [2.75, 3.05) is 5.32 Å². The lowest BCUT2D eigenvalue weighted by Crippen LogP contribution is -2.19. The lowest BCUT2D eigenvalue weighted by molar-refractivity contribution is 0.0996. The molecular weight excluding hydrogens is 378 g/mol. The second kappa shape index (κ2) is 7.28. The maximum absolute atomic E-state index is 12.5. The Kier molecular flexibility index (Phi) is 4.66. The van der Waals surface area contributed by atoms with Crippen LogP contribution in [-0.4, -0.2) is 25.7 Å². The molecule has 0 saturated carbocycles. The zero-order chi connectivity index (χ0) is 19.7. The molecule has 4 aromatic heterocycles. The van der Waals surface area contributed by atoms with Crippen molar-refractivity contribution in [3.05, 3.63) is 69.8 Å². The lowest BCUT2D eigenvalue weighted by Gasteiger charge is -2.09. The summed E-state index contributed by atoms with van der Waals surface area (Å²) in [6.07, 6.45) is 1.43. The molecule has 0 aliphatic carbocycles. The molecule has 4 aromatic rings. The molecule has 0 aliphatic heterocycles. The molecule has 4 rings (SSSR count). The minimum atomic E-state index is -0.425. The Morgan fingerprint density at radius 3 is 2.82 bits per heavy atom. The Labute approximate surface area is 163 Å². The van der Waals surface area contributed by atoms with Crippen LogP contribution in [-0.2, 0) is 0 Å². The van der Waals surface area contributed by atoms with Crippen LogP contribution < -0.4 is 10.9 Å². The van der Waals surface area contributed by atoms with Gasteiger partial charge in [0.1, 0.15) is 11.5 Å². The van der Waals surface area contributed by atoms with Gasteiger partial charge in [-0.1, -0.05) is 19.9 Å². The molecule has 2 N–H and O–H groups in total. The zero-order valence-corrected chi connectivity index (χ0v) is 16.0. The van der Waals surface area contributed by atoms with E-state index in [2.05, 4.69) is 20.4 Å². The molecule has 0 atom stereocenters. The topological polar surface area (TPSA) is 106 Å². The predicted molar refractivity (Wildman–Crippen MR) is 106 cm³/mol. The van der Waals surface area contributed by atoms with Crippen molar-refractivity contribution in [2.24, 2.45) is 0 Å². The molecule has 4 heterocycles. The van der Waals surface area contributed by atoms with Gasteiger partial charge in [0.05, 0.1) is 16.8 Å². The fourth-order valence-corrected chi connectivity index (χ4v) is 3.30. The third-order valence-corrected chi connectivity index (χ3v) is 4.90. The molecule has 28 heavy (non-hydrogen) atoms. The van der Waals surface area contributed by atoms with Crippen LogP contribution in [0.2, 0.25) is 0 Å². The molecule has 0 fully saturated rings. The van der Waals surface area contributed by atoms with Crippen LogP contribution in [0, 0.1) is 0 Å². The van der Waals surface area contributed by atoms with Crippen LogP contribution >= 0.6 is 11.3 Å². The summed E-state index contributed by atoms with van der Waals surface area (Å²) < 4.78 is 6.57. The average Bonchev–Trinajstić information content (AvgIpc) is 3.41. The van der Waals surface area contributed by atoms with Gasteiger partial charge in [-0.3, -0.25) is 14.6 Å². The quantitative estimate of drug-likeness (QED) is 0.536. The molecule has 0 spiro atoms. The van der Waals surface area contributed by atoms with Gasteiger partial charge in [0.25, 0.3) is 11.5 Å². The number of furan rings is 1. The third kappa shape index (κ3) is 3.52. The highest BCUT2D eigenvalue weighted by molar-refractivity contribution is 7.13. The molecule has 0 unspecified atom stereocenters. The summed E-state index contributed by atoms with van der Waals surface area (Å²) in [4.78, 5) is 32.7. The van der Waals surface area contributed by atoms with Gasteiger partial charge in [-0.25, -0.2) is 4.98 Å². The number of aromatic amines is 1. The number of carbonyl (C=O) groups excluding carboxylic acids is 1. The molecule has 0 aliphatic rings. The van der Waals surface area contributed by atoms with E-state index < -0.39 is 5.91 Å². The van der Waals surface area contributed by atoms with Gasteiger partial charge in [-0.15, -0.1) is 11.3 Å². The number of nitrogens with zero attached hydrogens (tertiary/aromatic N) is 3. The number of anilines is 1. The van der Waals surface area contributed by atoms with Crippen LogP contribution in [0.15, 0.2) is 57.3 Å². The van der Waals surface area contributed by atoms with Gasteiger partial charge < -0.3 is 9.73 Å². The maximum atomic E-state index is 12.5. The van der Waals surface area contributed by atoms with E-state index in [1.54, 1.807) is 18.2 Å². The minimum absolute atomic E-state index is 0.0644. The Bertz CT molecular complexity index is 1160. The highest BCUT2D eigenvalue weighted by Crippen LogP contribution is 2.27. The van der Waals surface area contributed by atoms with Gasteiger partial charge >= 0.3 is 0 Å². The fourth-order valence-electron chi connectivity index (χ4n) is 2.62. The highest BCUT2D eigenvalue weighted by Gasteiger charge is 2.18. The number of thiophene rings is 1. The van der Waals surface area contributed by atoms with Crippen molar-refractivity contribution in [1.29, 1.82) is 0 Å². The van der Waals surface area contributed by atoms with E-state index in [1.807, 2.05) is 31.4 Å². The van der Waals surface area contributed by atoms with E-state index in [0.29, 0.717) is 17.2 Å². The van der Waals surface area contributed by atoms with Gasteiger partial charge in [-0.05, 0) is 29.5 Å². The number of nitrogens with one attached hydrogen (secondary N) is 2. The van der Waals surface area contributed by atoms with Gasteiger partial charge in [-0.2, -0.15) is 9.78 Å². The normalized spacial score (nSPS) is 11.1. The summed E-state index contributed by atoms with van der Waals surface area (Å²) in [5.74, 6) is 0.409. The van der Waals surface area contributed by atoms with Crippen LogP contribution in [0.4, 0.5) is 5.82 Å². The minimum Gasteiger partial charge on any atom is -0.459 e. The molecule has 8 nitrogen and oxygen atoms in total. The Balaban J connectivity index is 1.81. The van der Waals surface area contributed by atoms with Crippen LogP contribution in [0.25, 0.3) is 16.5 Å². The summed E-state index contributed by atoms with van der Waals surface area (Å²) in [6.45, 7) is 3.90. The molecule has 9 heteroatoms. The van der Waals surface area contributed by atoms with E-state index in [-0.39, 0.29) is 23.2 Å². The van der Waals surface area contributed by atoms with Crippen molar-refractivity contribution >= 4 is 23.1 Å². The van der Waals surface area contributed by atoms with Gasteiger partial charge in [0, 0.05) is 12.1 Å². The largest absolute Gasteiger partial charge is 0.459 e. The number of rotatable bonds is 5. The number of hydrogen-bond acceptors (Lipinski definition) is 6. The van der Waals surface area contributed by atoms with Gasteiger partial charge in [0.15, 0.2) is 5.76 Å². The molecule has 0 saturated heterocycles. The van der Waals surface area contributed by atoms with E-state index in [1.165, 1.54) is 28.3 Å². The molecule has 0 bridgehead atoms. The first-order valence-corrected chi connectivity index (χ1v) is 9.49. The second-order valence-corrected chi connectivity index (χ2v) is 7.33. The Hall–Kier alpha value is -3.46. The monoisotopic (exact) mass is 395 g/mol. The maximum Gasteiger partial charge on any atom is 0.292 e. The summed E-state index contributed by atoms with van der Waals surface area (Å²) in [6, 6.07) is 10.2. The number of H-pyrrole nitrogens is 1. The standard InChI is InChI=1S/C19H17N5O3S/c1-11(2)12-10-17(25)22-19(20-12)24-16(21-18(26)14-5-3-7-27-14)9-13(23-24)15-6-4-8-28-15/h3-11H,1-2H3,(H,21,26)(H,20,22,25).